The molecule has 0 aliphatic heterocycles. The molecule has 0 heterocycles. The molecule has 0 bridgehead atoms. The van der Waals surface area contributed by atoms with Crippen molar-refractivity contribution in [1.82, 2.24) is 0 Å². The van der Waals surface area contributed by atoms with Gasteiger partial charge in [-0.2, -0.15) is 0 Å². The summed E-state index contributed by atoms with van der Waals surface area (Å²) >= 11 is 0. The predicted molar refractivity (Wildman–Crippen MR) is 117 cm³/mol. The van der Waals surface area contributed by atoms with Gasteiger partial charge in [0.05, 0.1) is 0 Å². The average molecular weight is 345 g/mol. The minimum Gasteiger partial charge on any atom is -0.356 e. The standard InChI is InChI=1S/C26H19N/c1-2-12-22(13-3-1)27-23-14-8-11-21(18-23)26-24-15-6-4-9-19(24)17-20-10-5-7-16-25(20)26/h1-18,27H. The van der Waals surface area contributed by atoms with Crippen LogP contribution in [0.2, 0.25) is 0 Å². The maximum absolute atomic E-state index is 3.51. The zero-order valence-corrected chi connectivity index (χ0v) is 14.9. The molecule has 0 aliphatic carbocycles. The van der Waals surface area contributed by atoms with E-state index in [9.17, 15) is 0 Å². The van der Waals surface area contributed by atoms with Gasteiger partial charge in [-0.25, -0.2) is 0 Å². The first-order chi connectivity index (χ1) is 13.4. The lowest BCUT2D eigenvalue weighted by Gasteiger charge is -2.14. The lowest BCUT2D eigenvalue weighted by molar-refractivity contribution is 1.55. The third-order valence-electron chi connectivity index (χ3n) is 4.98. The average Bonchev–Trinajstić information content (AvgIpc) is 2.73. The van der Waals surface area contributed by atoms with E-state index in [2.05, 4.69) is 96.3 Å². The van der Waals surface area contributed by atoms with Crippen molar-refractivity contribution in [2.75, 3.05) is 5.32 Å². The summed E-state index contributed by atoms with van der Waals surface area (Å²) in [5.74, 6) is 0. The van der Waals surface area contributed by atoms with Crippen LogP contribution < -0.4 is 5.32 Å². The van der Waals surface area contributed by atoms with Crippen LogP contribution in [0, 0.1) is 0 Å². The summed E-state index contributed by atoms with van der Waals surface area (Å²) < 4.78 is 0. The van der Waals surface area contributed by atoms with Crippen molar-refractivity contribution in [3.63, 3.8) is 0 Å². The minimum absolute atomic E-state index is 1.09. The predicted octanol–water partition coefficient (Wildman–Crippen LogP) is 7.40. The van der Waals surface area contributed by atoms with Crippen LogP contribution in [0.15, 0.2) is 109 Å². The largest absolute Gasteiger partial charge is 0.356 e. The Morgan fingerprint density at radius 3 is 1.74 bits per heavy atom. The lowest BCUT2D eigenvalue weighted by Crippen LogP contribution is -1.91. The van der Waals surface area contributed by atoms with E-state index in [0.717, 1.165) is 11.4 Å². The third-order valence-corrected chi connectivity index (χ3v) is 4.98. The highest BCUT2D eigenvalue weighted by atomic mass is 14.9. The molecule has 1 nitrogen and oxygen atoms in total. The van der Waals surface area contributed by atoms with Gasteiger partial charge >= 0.3 is 0 Å². The molecule has 0 spiro atoms. The van der Waals surface area contributed by atoms with Crippen LogP contribution in [0.1, 0.15) is 0 Å². The highest BCUT2D eigenvalue weighted by Crippen LogP contribution is 2.37. The highest BCUT2D eigenvalue weighted by molar-refractivity contribution is 6.12. The number of rotatable bonds is 3. The first-order valence-corrected chi connectivity index (χ1v) is 9.21. The Kier molecular flexibility index (Phi) is 3.84. The molecule has 0 radical (unpaired) electrons. The van der Waals surface area contributed by atoms with E-state index in [-0.39, 0.29) is 0 Å². The summed E-state index contributed by atoms with van der Waals surface area (Å²) in [6, 6.07) is 38.5. The zero-order chi connectivity index (χ0) is 18.1. The second-order valence-corrected chi connectivity index (χ2v) is 6.77. The van der Waals surface area contributed by atoms with Gasteiger partial charge in [-0.1, -0.05) is 78.9 Å². The Morgan fingerprint density at radius 2 is 1.04 bits per heavy atom. The van der Waals surface area contributed by atoms with Gasteiger partial charge in [-0.05, 0) is 63.0 Å². The van der Waals surface area contributed by atoms with Crippen LogP contribution in [0.3, 0.4) is 0 Å². The van der Waals surface area contributed by atoms with Crippen molar-refractivity contribution in [3.8, 4) is 11.1 Å². The number of para-hydroxylation sites is 1. The topological polar surface area (TPSA) is 12.0 Å². The Bertz CT molecular complexity index is 1190. The normalized spacial score (nSPS) is 11.0. The van der Waals surface area contributed by atoms with E-state index in [1.165, 1.54) is 32.7 Å². The van der Waals surface area contributed by atoms with Crippen molar-refractivity contribution in [3.05, 3.63) is 109 Å². The molecule has 0 fully saturated rings. The number of hydrogen-bond acceptors (Lipinski definition) is 1. The number of benzene rings is 5. The van der Waals surface area contributed by atoms with Gasteiger partial charge in [0, 0.05) is 11.4 Å². The van der Waals surface area contributed by atoms with E-state index in [4.69, 9.17) is 0 Å². The molecule has 0 aromatic heterocycles. The summed E-state index contributed by atoms with van der Waals surface area (Å²) in [6.45, 7) is 0. The van der Waals surface area contributed by atoms with Gasteiger partial charge in [0.2, 0.25) is 0 Å². The number of anilines is 2. The maximum atomic E-state index is 3.51. The number of nitrogens with one attached hydrogen (secondary N) is 1. The molecular weight excluding hydrogens is 326 g/mol. The van der Waals surface area contributed by atoms with Crippen LogP contribution in [-0.4, -0.2) is 0 Å². The van der Waals surface area contributed by atoms with Crippen molar-refractivity contribution in [1.29, 1.82) is 0 Å². The molecule has 27 heavy (non-hydrogen) atoms. The third kappa shape index (κ3) is 2.94. The molecule has 0 saturated heterocycles. The summed E-state index contributed by atoms with van der Waals surface area (Å²) in [7, 11) is 0. The summed E-state index contributed by atoms with van der Waals surface area (Å²) in [5, 5.41) is 8.62. The van der Waals surface area contributed by atoms with Gasteiger partial charge in [-0.15, -0.1) is 0 Å². The minimum atomic E-state index is 1.09. The van der Waals surface area contributed by atoms with E-state index in [1.54, 1.807) is 0 Å². The van der Waals surface area contributed by atoms with E-state index in [1.807, 2.05) is 18.2 Å². The molecule has 5 aromatic rings. The lowest BCUT2D eigenvalue weighted by atomic mass is 9.92. The molecule has 0 aliphatic rings. The Morgan fingerprint density at radius 1 is 0.444 bits per heavy atom. The molecule has 0 atom stereocenters. The fourth-order valence-electron chi connectivity index (χ4n) is 3.77. The number of hydrogen-bond donors (Lipinski definition) is 1. The molecule has 0 saturated carbocycles. The molecule has 1 N–H and O–H groups in total. The van der Waals surface area contributed by atoms with Gasteiger partial charge in [0.25, 0.3) is 0 Å². The summed E-state index contributed by atoms with van der Waals surface area (Å²) in [5.41, 5.74) is 4.71. The second-order valence-electron chi connectivity index (χ2n) is 6.77. The van der Waals surface area contributed by atoms with Crippen LogP contribution in [0.25, 0.3) is 32.7 Å². The first kappa shape index (κ1) is 15.7. The second kappa shape index (κ2) is 6.62. The number of fused-ring (bicyclic) bond motifs is 2. The molecule has 5 rings (SSSR count). The fraction of sp³-hybridized carbons (Fsp3) is 0. The Labute approximate surface area is 158 Å². The monoisotopic (exact) mass is 345 g/mol. The van der Waals surface area contributed by atoms with E-state index < -0.39 is 0 Å². The maximum Gasteiger partial charge on any atom is 0.0390 e. The van der Waals surface area contributed by atoms with Crippen molar-refractivity contribution in [2.45, 2.75) is 0 Å². The molecule has 128 valence electrons. The van der Waals surface area contributed by atoms with Gasteiger partial charge in [0.15, 0.2) is 0 Å². The van der Waals surface area contributed by atoms with Gasteiger partial charge in [-0.3, -0.25) is 0 Å². The van der Waals surface area contributed by atoms with Crippen LogP contribution in [0.4, 0.5) is 11.4 Å². The zero-order valence-electron chi connectivity index (χ0n) is 14.9. The molecular formula is C26H19N. The Hall–Kier alpha value is -3.58. The van der Waals surface area contributed by atoms with Gasteiger partial charge in [0.1, 0.15) is 0 Å². The fourth-order valence-corrected chi connectivity index (χ4v) is 3.77. The van der Waals surface area contributed by atoms with E-state index in [0.29, 0.717) is 0 Å². The molecule has 0 unspecified atom stereocenters. The molecule has 5 aromatic carbocycles. The quantitative estimate of drug-likeness (QED) is 0.336. The first-order valence-electron chi connectivity index (χ1n) is 9.21. The SMILES string of the molecule is c1ccc(Nc2cccc(-c3c4ccccc4cc4ccccc34)c2)cc1. The molecule has 0 amide bonds. The van der Waals surface area contributed by atoms with Crippen LogP contribution in [-0.2, 0) is 0 Å². The van der Waals surface area contributed by atoms with Gasteiger partial charge < -0.3 is 5.32 Å². The summed E-state index contributed by atoms with van der Waals surface area (Å²) in [6.07, 6.45) is 0. The van der Waals surface area contributed by atoms with Crippen LogP contribution >= 0.6 is 0 Å². The highest BCUT2D eigenvalue weighted by Gasteiger charge is 2.10. The van der Waals surface area contributed by atoms with Crippen molar-refractivity contribution in [2.24, 2.45) is 0 Å². The summed E-state index contributed by atoms with van der Waals surface area (Å²) in [4.78, 5) is 0. The van der Waals surface area contributed by atoms with E-state index >= 15 is 0 Å². The smallest absolute Gasteiger partial charge is 0.0390 e. The van der Waals surface area contributed by atoms with Crippen molar-refractivity contribution < 1.29 is 0 Å². The van der Waals surface area contributed by atoms with Crippen LogP contribution in [0.5, 0.6) is 0 Å². The molecule has 1 heteroatoms. The Balaban J connectivity index is 1.72. The van der Waals surface area contributed by atoms with Crippen molar-refractivity contribution >= 4 is 32.9 Å².